The van der Waals surface area contributed by atoms with Crippen LogP contribution in [0.5, 0.6) is 0 Å². The summed E-state index contributed by atoms with van der Waals surface area (Å²) in [4.78, 5) is 10.9. The topological polar surface area (TPSA) is 58.6 Å². The highest BCUT2D eigenvalue weighted by molar-refractivity contribution is 9.10. The summed E-state index contributed by atoms with van der Waals surface area (Å²) in [5.74, 6) is -0.448. The molecule has 0 fully saturated rings. The van der Waals surface area contributed by atoms with Crippen molar-refractivity contribution in [2.75, 3.05) is 13.7 Å². The molecule has 0 amide bonds. The van der Waals surface area contributed by atoms with Crippen LogP contribution in [0.25, 0.3) is 0 Å². The van der Waals surface area contributed by atoms with Crippen molar-refractivity contribution in [1.29, 1.82) is 0 Å². The number of benzene rings is 1. The molecule has 0 heterocycles. The molecule has 1 atom stereocenters. The lowest BCUT2D eigenvalue weighted by molar-refractivity contribution is 0.0697. The van der Waals surface area contributed by atoms with E-state index in [9.17, 15) is 4.79 Å². The van der Waals surface area contributed by atoms with Gasteiger partial charge in [-0.1, -0.05) is 35.8 Å². The van der Waals surface area contributed by atoms with E-state index in [1.807, 2.05) is 6.07 Å². The van der Waals surface area contributed by atoms with Gasteiger partial charge in [0.15, 0.2) is 0 Å². The van der Waals surface area contributed by atoms with E-state index in [-0.39, 0.29) is 11.6 Å². The number of aromatic carboxylic acids is 1. The summed E-state index contributed by atoms with van der Waals surface area (Å²) >= 11 is 3.41. The maximum atomic E-state index is 10.9. The van der Waals surface area contributed by atoms with Gasteiger partial charge in [0.25, 0.3) is 0 Å². The van der Waals surface area contributed by atoms with E-state index in [1.165, 1.54) is 0 Å². The van der Waals surface area contributed by atoms with Crippen molar-refractivity contribution in [3.05, 3.63) is 33.8 Å². The van der Waals surface area contributed by atoms with Gasteiger partial charge in [-0.2, -0.15) is 0 Å². The molecule has 19 heavy (non-hydrogen) atoms. The molecule has 106 valence electrons. The molecule has 0 aliphatic rings. The highest BCUT2D eigenvalue weighted by Gasteiger charge is 2.13. The molecule has 2 N–H and O–H groups in total. The van der Waals surface area contributed by atoms with Crippen LogP contribution in [-0.4, -0.2) is 30.8 Å². The third kappa shape index (κ3) is 4.93. The predicted molar refractivity (Wildman–Crippen MR) is 78.4 cm³/mol. The second-order valence-corrected chi connectivity index (χ2v) is 5.65. The van der Waals surface area contributed by atoms with Crippen molar-refractivity contribution in [1.82, 2.24) is 5.32 Å². The molecular weight excluding hydrogens is 310 g/mol. The molecule has 0 saturated carbocycles. The summed E-state index contributed by atoms with van der Waals surface area (Å²) in [5, 5.41) is 12.3. The Bertz CT molecular complexity index is 435. The lowest BCUT2D eigenvalue weighted by atomic mass is 10.0. The highest BCUT2D eigenvalue weighted by Crippen LogP contribution is 2.19. The Morgan fingerprint density at radius 2 is 2.16 bits per heavy atom. The maximum Gasteiger partial charge on any atom is 0.335 e. The molecule has 0 aromatic heterocycles. The molecule has 1 aromatic carbocycles. The van der Waals surface area contributed by atoms with E-state index in [4.69, 9.17) is 9.84 Å². The average molecular weight is 330 g/mol. The van der Waals surface area contributed by atoms with E-state index in [0.29, 0.717) is 19.1 Å². The molecule has 1 rings (SSSR count). The van der Waals surface area contributed by atoms with E-state index in [1.54, 1.807) is 19.2 Å². The number of halogens is 1. The molecule has 0 spiro atoms. The van der Waals surface area contributed by atoms with Crippen molar-refractivity contribution in [2.45, 2.75) is 26.4 Å². The number of carboxylic acids is 1. The lowest BCUT2D eigenvalue weighted by Crippen LogP contribution is -2.37. The highest BCUT2D eigenvalue weighted by atomic mass is 79.9. The van der Waals surface area contributed by atoms with Crippen LogP contribution in [0.1, 0.15) is 29.8 Å². The van der Waals surface area contributed by atoms with Gasteiger partial charge < -0.3 is 15.2 Å². The first-order valence-electron chi connectivity index (χ1n) is 6.19. The zero-order chi connectivity index (χ0) is 14.4. The first kappa shape index (κ1) is 16.1. The Morgan fingerprint density at radius 1 is 1.47 bits per heavy atom. The summed E-state index contributed by atoms with van der Waals surface area (Å²) in [6.07, 6.45) is 0. The summed E-state index contributed by atoms with van der Waals surface area (Å²) in [7, 11) is 1.69. The summed E-state index contributed by atoms with van der Waals surface area (Å²) in [5.41, 5.74) is 1.32. The maximum absolute atomic E-state index is 10.9. The number of carboxylic acid groups (broad SMARTS) is 1. The van der Waals surface area contributed by atoms with Gasteiger partial charge in [-0.15, -0.1) is 0 Å². The first-order valence-corrected chi connectivity index (χ1v) is 6.99. The SMILES string of the molecule is COCC(NCc1ccc(C(=O)O)cc1Br)C(C)C. The Morgan fingerprint density at radius 3 is 2.63 bits per heavy atom. The van der Waals surface area contributed by atoms with Gasteiger partial charge in [-0.25, -0.2) is 4.79 Å². The molecule has 0 aliphatic heterocycles. The molecular formula is C14H20BrNO3. The largest absolute Gasteiger partial charge is 0.478 e. The van der Waals surface area contributed by atoms with Crippen LogP contribution in [0.15, 0.2) is 22.7 Å². The van der Waals surface area contributed by atoms with Crippen molar-refractivity contribution >= 4 is 21.9 Å². The fourth-order valence-corrected chi connectivity index (χ4v) is 2.25. The molecule has 1 aromatic rings. The minimum absolute atomic E-state index is 0.274. The molecule has 1 unspecified atom stereocenters. The Hall–Kier alpha value is -0.910. The van der Waals surface area contributed by atoms with Crippen molar-refractivity contribution in [3.63, 3.8) is 0 Å². The molecule has 0 saturated heterocycles. The van der Waals surface area contributed by atoms with Crippen LogP contribution < -0.4 is 5.32 Å². The normalized spacial score (nSPS) is 12.7. The molecule has 0 bridgehead atoms. The number of hydrogen-bond acceptors (Lipinski definition) is 3. The number of ether oxygens (including phenoxy) is 1. The van der Waals surface area contributed by atoms with Gasteiger partial charge in [0, 0.05) is 24.2 Å². The second-order valence-electron chi connectivity index (χ2n) is 4.80. The minimum Gasteiger partial charge on any atom is -0.478 e. The standard InChI is InChI=1S/C14H20BrNO3/c1-9(2)13(8-19-3)16-7-11-5-4-10(14(17)18)6-12(11)15/h4-6,9,13,16H,7-8H2,1-3H3,(H,17,18). The van der Waals surface area contributed by atoms with Gasteiger partial charge in [-0.3, -0.25) is 0 Å². The monoisotopic (exact) mass is 329 g/mol. The fraction of sp³-hybridized carbons (Fsp3) is 0.500. The van der Waals surface area contributed by atoms with Crippen molar-refractivity contribution < 1.29 is 14.6 Å². The van der Waals surface area contributed by atoms with Crippen LogP contribution in [-0.2, 0) is 11.3 Å². The zero-order valence-corrected chi connectivity index (χ0v) is 13.0. The van der Waals surface area contributed by atoms with E-state index in [0.717, 1.165) is 10.0 Å². The van der Waals surface area contributed by atoms with Crippen LogP contribution in [0.2, 0.25) is 0 Å². The van der Waals surface area contributed by atoms with Crippen molar-refractivity contribution in [2.24, 2.45) is 5.92 Å². The second kappa shape index (κ2) is 7.62. The van der Waals surface area contributed by atoms with Gasteiger partial charge in [0.2, 0.25) is 0 Å². The van der Waals surface area contributed by atoms with E-state index in [2.05, 4.69) is 35.1 Å². The number of carbonyl (C=O) groups is 1. The zero-order valence-electron chi connectivity index (χ0n) is 11.4. The number of nitrogens with one attached hydrogen (secondary N) is 1. The average Bonchev–Trinajstić information content (AvgIpc) is 2.35. The summed E-state index contributed by atoms with van der Waals surface area (Å²) < 4.78 is 5.99. The fourth-order valence-electron chi connectivity index (χ4n) is 1.73. The minimum atomic E-state index is -0.917. The van der Waals surface area contributed by atoms with E-state index >= 15 is 0 Å². The van der Waals surface area contributed by atoms with Gasteiger partial charge in [0.05, 0.1) is 12.2 Å². The smallest absolute Gasteiger partial charge is 0.335 e. The predicted octanol–water partition coefficient (Wildman–Crippen LogP) is 2.91. The Labute approximate surface area is 122 Å². The molecule has 4 nitrogen and oxygen atoms in total. The number of hydrogen-bond donors (Lipinski definition) is 2. The van der Waals surface area contributed by atoms with Crippen LogP contribution >= 0.6 is 15.9 Å². The van der Waals surface area contributed by atoms with Crippen LogP contribution in [0, 0.1) is 5.92 Å². The van der Waals surface area contributed by atoms with Gasteiger partial charge in [-0.05, 0) is 23.6 Å². The van der Waals surface area contributed by atoms with Gasteiger partial charge >= 0.3 is 5.97 Å². The first-order chi connectivity index (χ1) is 8.95. The molecule has 5 heteroatoms. The Balaban J connectivity index is 2.69. The lowest BCUT2D eigenvalue weighted by Gasteiger charge is -2.22. The number of methoxy groups -OCH3 is 1. The quantitative estimate of drug-likeness (QED) is 0.807. The number of rotatable bonds is 7. The van der Waals surface area contributed by atoms with E-state index < -0.39 is 5.97 Å². The summed E-state index contributed by atoms with van der Waals surface area (Å²) in [6.45, 7) is 5.60. The van der Waals surface area contributed by atoms with Crippen molar-refractivity contribution in [3.8, 4) is 0 Å². The van der Waals surface area contributed by atoms with Crippen LogP contribution in [0.4, 0.5) is 0 Å². The Kier molecular flexibility index (Phi) is 6.48. The third-order valence-electron chi connectivity index (χ3n) is 3.01. The van der Waals surface area contributed by atoms with Gasteiger partial charge in [0.1, 0.15) is 0 Å². The van der Waals surface area contributed by atoms with Crippen LogP contribution in [0.3, 0.4) is 0 Å². The molecule has 0 radical (unpaired) electrons. The summed E-state index contributed by atoms with van der Waals surface area (Å²) in [6, 6.07) is 5.34. The molecule has 0 aliphatic carbocycles. The third-order valence-corrected chi connectivity index (χ3v) is 3.74.